The molecule has 2 aromatic carbocycles. The van der Waals surface area contributed by atoms with Gasteiger partial charge in [-0.2, -0.15) is 5.10 Å². The number of nitrogens with one attached hydrogen (secondary N) is 1. The van der Waals surface area contributed by atoms with Crippen molar-refractivity contribution in [1.29, 1.82) is 0 Å². The zero-order valence-electron chi connectivity index (χ0n) is 16.1. The summed E-state index contributed by atoms with van der Waals surface area (Å²) in [4.78, 5) is 16.6. The summed E-state index contributed by atoms with van der Waals surface area (Å²) in [5, 5.41) is 8.23. The predicted molar refractivity (Wildman–Crippen MR) is 114 cm³/mol. The molecule has 0 fully saturated rings. The summed E-state index contributed by atoms with van der Waals surface area (Å²) in [5.74, 6) is -0.0813. The lowest BCUT2D eigenvalue weighted by atomic mass is 10.1. The van der Waals surface area contributed by atoms with Crippen molar-refractivity contribution in [3.8, 4) is 11.4 Å². The topological polar surface area (TPSA) is 64.7 Å². The number of rotatable bonds is 5. The Labute approximate surface area is 173 Å². The molecule has 2 aromatic heterocycles. The van der Waals surface area contributed by atoms with E-state index in [2.05, 4.69) is 15.4 Å². The molecule has 1 N–H and O–H groups in total. The van der Waals surface area contributed by atoms with Crippen LogP contribution in [0.3, 0.4) is 0 Å². The quantitative estimate of drug-likeness (QED) is 0.531. The molecule has 0 aliphatic carbocycles. The molecule has 146 valence electrons. The Balaban J connectivity index is 1.48. The molecule has 4 rings (SSSR count). The number of hydrogen-bond acceptors (Lipinski definition) is 3. The van der Waals surface area contributed by atoms with Crippen molar-refractivity contribution in [3.05, 3.63) is 89.2 Å². The van der Waals surface area contributed by atoms with Crippen LogP contribution < -0.4 is 5.32 Å². The predicted octanol–water partition coefficient (Wildman–Crippen LogP) is 4.51. The van der Waals surface area contributed by atoms with Crippen molar-refractivity contribution in [2.24, 2.45) is 0 Å². The molecular formula is C22H20ClN5O. The number of nitrogens with zero attached hydrogens (tertiary/aromatic N) is 4. The van der Waals surface area contributed by atoms with Gasteiger partial charge >= 0.3 is 0 Å². The van der Waals surface area contributed by atoms with Gasteiger partial charge in [-0.3, -0.25) is 4.79 Å². The largest absolute Gasteiger partial charge is 0.326 e. The van der Waals surface area contributed by atoms with E-state index in [0.29, 0.717) is 5.02 Å². The van der Waals surface area contributed by atoms with E-state index in [9.17, 15) is 4.79 Å². The molecule has 0 unspecified atom stereocenters. The first-order chi connectivity index (χ1) is 14.0. The van der Waals surface area contributed by atoms with Gasteiger partial charge in [0.25, 0.3) is 0 Å². The van der Waals surface area contributed by atoms with Gasteiger partial charge in [0.15, 0.2) is 0 Å². The third-order valence-corrected chi connectivity index (χ3v) is 5.06. The number of aryl methyl sites for hydroxylation is 1. The maximum atomic E-state index is 12.6. The van der Waals surface area contributed by atoms with Crippen LogP contribution in [0.5, 0.6) is 0 Å². The van der Waals surface area contributed by atoms with Crippen molar-refractivity contribution < 1.29 is 4.79 Å². The maximum Gasteiger partial charge on any atom is 0.228 e. The van der Waals surface area contributed by atoms with Crippen molar-refractivity contribution in [2.45, 2.75) is 20.3 Å². The average molecular weight is 406 g/mol. The van der Waals surface area contributed by atoms with Crippen LogP contribution in [0.4, 0.5) is 5.69 Å². The summed E-state index contributed by atoms with van der Waals surface area (Å²) in [6.45, 7) is 3.89. The second-order valence-corrected chi connectivity index (χ2v) is 7.22. The monoisotopic (exact) mass is 405 g/mol. The van der Waals surface area contributed by atoms with Crippen LogP contribution in [0, 0.1) is 13.8 Å². The minimum absolute atomic E-state index is 0.0813. The molecule has 0 atom stereocenters. The van der Waals surface area contributed by atoms with Crippen molar-refractivity contribution in [2.75, 3.05) is 5.32 Å². The Bertz CT molecular complexity index is 1130. The van der Waals surface area contributed by atoms with Gasteiger partial charge in [0.05, 0.1) is 24.1 Å². The number of halogens is 1. The fraction of sp³-hybridized carbons (Fsp3) is 0.136. The van der Waals surface area contributed by atoms with Crippen LogP contribution in [0.25, 0.3) is 11.4 Å². The fourth-order valence-corrected chi connectivity index (χ4v) is 3.38. The number of imidazole rings is 1. The molecule has 1 amide bonds. The Morgan fingerprint density at radius 2 is 1.72 bits per heavy atom. The number of benzene rings is 2. The third kappa shape index (κ3) is 4.07. The minimum atomic E-state index is -0.0813. The van der Waals surface area contributed by atoms with Gasteiger partial charge in [-0.15, -0.1) is 0 Å². The highest BCUT2D eigenvalue weighted by Crippen LogP contribution is 2.21. The first-order valence-electron chi connectivity index (χ1n) is 9.20. The van der Waals surface area contributed by atoms with E-state index < -0.39 is 0 Å². The highest BCUT2D eigenvalue weighted by molar-refractivity contribution is 6.30. The number of aromatic nitrogens is 4. The average Bonchev–Trinajstić information content (AvgIpc) is 3.34. The van der Waals surface area contributed by atoms with Crippen LogP contribution in [0.1, 0.15) is 17.0 Å². The van der Waals surface area contributed by atoms with Crippen molar-refractivity contribution >= 4 is 23.2 Å². The minimum Gasteiger partial charge on any atom is -0.326 e. The Hall–Kier alpha value is -3.38. The smallest absolute Gasteiger partial charge is 0.228 e. The normalized spacial score (nSPS) is 10.9. The summed E-state index contributed by atoms with van der Waals surface area (Å²) in [6.07, 6.45) is 5.59. The maximum absolute atomic E-state index is 12.6. The Morgan fingerprint density at radius 1 is 1.03 bits per heavy atom. The van der Waals surface area contributed by atoms with Gasteiger partial charge < -0.3 is 9.88 Å². The summed E-state index contributed by atoms with van der Waals surface area (Å²) in [7, 11) is 0. The van der Waals surface area contributed by atoms with Crippen LogP contribution in [0.15, 0.2) is 67.3 Å². The molecule has 0 aliphatic heterocycles. The number of carbonyl (C=O) groups excluding carboxylic acids is 1. The van der Waals surface area contributed by atoms with Crippen LogP contribution >= 0.6 is 11.6 Å². The second kappa shape index (κ2) is 7.93. The van der Waals surface area contributed by atoms with Gasteiger partial charge in [0.2, 0.25) is 5.91 Å². The van der Waals surface area contributed by atoms with E-state index in [1.807, 2.05) is 77.8 Å². The van der Waals surface area contributed by atoms with Gasteiger partial charge in [-0.25, -0.2) is 9.67 Å². The van der Waals surface area contributed by atoms with E-state index in [4.69, 9.17) is 11.6 Å². The van der Waals surface area contributed by atoms with E-state index in [1.165, 1.54) is 0 Å². The van der Waals surface area contributed by atoms with E-state index in [-0.39, 0.29) is 12.3 Å². The van der Waals surface area contributed by atoms with E-state index in [0.717, 1.165) is 34.0 Å². The van der Waals surface area contributed by atoms with Gasteiger partial charge in [0.1, 0.15) is 0 Å². The fourth-order valence-electron chi connectivity index (χ4n) is 3.26. The van der Waals surface area contributed by atoms with E-state index >= 15 is 0 Å². The van der Waals surface area contributed by atoms with Crippen LogP contribution in [0.2, 0.25) is 5.02 Å². The second-order valence-electron chi connectivity index (χ2n) is 6.78. The highest BCUT2D eigenvalue weighted by Gasteiger charge is 2.16. The van der Waals surface area contributed by atoms with Gasteiger partial charge in [-0.1, -0.05) is 11.6 Å². The molecule has 0 saturated carbocycles. The number of anilines is 1. The van der Waals surface area contributed by atoms with E-state index in [1.54, 1.807) is 12.5 Å². The number of hydrogen-bond donors (Lipinski definition) is 1. The van der Waals surface area contributed by atoms with Gasteiger partial charge in [0, 0.05) is 40.0 Å². The zero-order valence-corrected chi connectivity index (χ0v) is 16.9. The zero-order chi connectivity index (χ0) is 20.4. The van der Waals surface area contributed by atoms with Crippen molar-refractivity contribution in [3.63, 3.8) is 0 Å². The first-order valence-corrected chi connectivity index (χ1v) is 9.58. The molecular weight excluding hydrogens is 386 g/mol. The molecule has 29 heavy (non-hydrogen) atoms. The molecule has 6 nitrogen and oxygen atoms in total. The molecule has 0 aliphatic rings. The molecule has 0 spiro atoms. The summed E-state index contributed by atoms with van der Waals surface area (Å²) < 4.78 is 3.75. The summed E-state index contributed by atoms with van der Waals surface area (Å²) >= 11 is 5.97. The lowest BCUT2D eigenvalue weighted by Gasteiger charge is -2.08. The molecule has 7 heteroatoms. The molecule has 4 aromatic rings. The highest BCUT2D eigenvalue weighted by atomic mass is 35.5. The number of amides is 1. The lowest BCUT2D eigenvalue weighted by molar-refractivity contribution is -0.115. The summed E-state index contributed by atoms with van der Waals surface area (Å²) in [5.41, 5.74) is 5.35. The lowest BCUT2D eigenvalue weighted by Crippen LogP contribution is -2.15. The Morgan fingerprint density at radius 3 is 2.38 bits per heavy atom. The third-order valence-electron chi connectivity index (χ3n) is 4.80. The van der Waals surface area contributed by atoms with Gasteiger partial charge in [-0.05, 0) is 62.4 Å². The first kappa shape index (κ1) is 19.0. The van der Waals surface area contributed by atoms with Crippen molar-refractivity contribution in [1.82, 2.24) is 19.3 Å². The summed E-state index contributed by atoms with van der Waals surface area (Å²) in [6, 6.07) is 15.1. The SMILES string of the molecule is Cc1nn(-c2ccc(Cl)cc2)c(C)c1CC(=O)Nc1ccc(-n2ccnc2)cc1. The van der Waals surface area contributed by atoms with Crippen LogP contribution in [-0.4, -0.2) is 25.2 Å². The molecule has 0 bridgehead atoms. The van der Waals surface area contributed by atoms with Crippen LogP contribution in [-0.2, 0) is 11.2 Å². The molecule has 2 heterocycles. The Kier molecular flexibility index (Phi) is 5.18. The molecule has 0 saturated heterocycles. The molecule has 0 radical (unpaired) electrons. The standard InChI is InChI=1S/C22H20ClN5O/c1-15-21(16(2)28(26-15)20-7-3-17(23)4-8-20)13-22(29)25-18-5-9-19(10-6-18)27-12-11-24-14-27/h3-12,14H,13H2,1-2H3,(H,25,29). The number of carbonyl (C=O) groups is 1.